The number of nitrogens with one attached hydrogen (secondary N) is 2. The Morgan fingerprint density at radius 1 is 1.41 bits per heavy atom. The van der Waals surface area contributed by atoms with Crippen molar-refractivity contribution >= 4 is 0 Å². The molecule has 0 bridgehead atoms. The van der Waals surface area contributed by atoms with Crippen LogP contribution in [0.25, 0.3) is 0 Å². The summed E-state index contributed by atoms with van der Waals surface area (Å²) < 4.78 is 0. The minimum absolute atomic E-state index is 0.0317. The highest BCUT2D eigenvalue weighted by Gasteiger charge is 2.13. The van der Waals surface area contributed by atoms with Crippen molar-refractivity contribution < 1.29 is 0 Å². The number of nitrogens with zero attached hydrogens (tertiary/aromatic N) is 1. The smallest absolute Gasteiger partial charge is 0.254 e. The van der Waals surface area contributed by atoms with Crippen LogP contribution < -0.4 is 10.9 Å². The molecular formula is C13H21N3O. The number of hydrogen-bond donors (Lipinski definition) is 2. The summed E-state index contributed by atoms with van der Waals surface area (Å²) in [6, 6.07) is 0. The quantitative estimate of drug-likeness (QED) is 0.829. The second-order valence-electron chi connectivity index (χ2n) is 4.79. The summed E-state index contributed by atoms with van der Waals surface area (Å²) in [7, 11) is 0. The molecule has 1 aliphatic rings. The monoisotopic (exact) mass is 235 g/mol. The molecule has 1 atom stereocenters. The highest BCUT2D eigenvalue weighted by atomic mass is 16.1. The number of aryl methyl sites for hydroxylation is 1. The zero-order valence-electron chi connectivity index (χ0n) is 10.5. The van der Waals surface area contributed by atoms with Gasteiger partial charge in [-0.2, -0.15) is 0 Å². The van der Waals surface area contributed by atoms with Crippen LogP contribution in [-0.4, -0.2) is 23.1 Å². The highest BCUT2D eigenvalue weighted by molar-refractivity contribution is 5.05. The third kappa shape index (κ3) is 3.40. The van der Waals surface area contributed by atoms with Crippen LogP contribution in [0.15, 0.2) is 11.0 Å². The Balaban J connectivity index is 2.02. The zero-order valence-corrected chi connectivity index (χ0v) is 10.5. The van der Waals surface area contributed by atoms with E-state index in [0.717, 1.165) is 37.3 Å². The first-order chi connectivity index (χ1) is 8.29. The number of rotatable bonds is 3. The van der Waals surface area contributed by atoms with Crippen molar-refractivity contribution in [1.82, 2.24) is 15.3 Å². The van der Waals surface area contributed by atoms with E-state index in [9.17, 15) is 4.79 Å². The van der Waals surface area contributed by atoms with Gasteiger partial charge in [0.25, 0.3) is 5.56 Å². The van der Waals surface area contributed by atoms with Crippen molar-refractivity contribution in [1.29, 1.82) is 0 Å². The number of aromatic amines is 1. The Morgan fingerprint density at radius 2 is 2.29 bits per heavy atom. The van der Waals surface area contributed by atoms with E-state index < -0.39 is 0 Å². The van der Waals surface area contributed by atoms with E-state index in [1.807, 2.05) is 6.92 Å². The first-order valence-corrected chi connectivity index (χ1v) is 6.57. The molecule has 2 heterocycles. The van der Waals surface area contributed by atoms with Gasteiger partial charge in [0.15, 0.2) is 0 Å². The summed E-state index contributed by atoms with van der Waals surface area (Å²) in [6.45, 7) is 4.18. The van der Waals surface area contributed by atoms with Gasteiger partial charge in [0, 0.05) is 18.2 Å². The van der Waals surface area contributed by atoms with Crippen molar-refractivity contribution in [3.63, 3.8) is 0 Å². The zero-order chi connectivity index (χ0) is 12.1. The second-order valence-corrected chi connectivity index (χ2v) is 4.79. The summed E-state index contributed by atoms with van der Waals surface area (Å²) in [5.74, 6) is 1.50. The van der Waals surface area contributed by atoms with Crippen molar-refractivity contribution in [2.24, 2.45) is 5.92 Å². The van der Waals surface area contributed by atoms with Gasteiger partial charge in [-0.05, 0) is 44.7 Å². The lowest BCUT2D eigenvalue weighted by molar-refractivity contribution is 0.458. The van der Waals surface area contributed by atoms with E-state index in [1.165, 1.54) is 19.3 Å². The Morgan fingerprint density at radius 3 is 3.06 bits per heavy atom. The maximum Gasteiger partial charge on any atom is 0.254 e. The minimum atomic E-state index is 0.0317. The molecule has 0 spiro atoms. The lowest BCUT2D eigenvalue weighted by atomic mass is 9.96. The number of H-pyrrole nitrogens is 1. The average molecular weight is 235 g/mol. The predicted octanol–water partition coefficient (Wildman–Crippen LogP) is 1.26. The Kier molecular flexibility index (Phi) is 4.31. The maximum atomic E-state index is 11.7. The molecule has 2 rings (SSSR count). The van der Waals surface area contributed by atoms with Gasteiger partial charge in [-0.15, -0.1) is 0 Å². The van der Waals surface area contributed by atoms with Crippen LogP contribution in [0.5, 0.6) is 0 Å². The van der Waals surface area contributed by atoms with Gasteiger partial charge in [-0.1, -0.05) is 6.92 Å². The van der Waals surface area contributed by atoms with Gasteiger partial charge < -0.3 is 10.3 Å². The van der Waals surface area contributed by atoms with Crippen LogP contribution in [0.4, 0.5) is 0 Å². The van der Waals surface area contributed by atoms with E-state index in [2.05, 4.69) is 15.3 Å². The molecule has 1 unspecified atom stereocenters. The highest BCUT2D eigenvalue weighted by Crippen LogP contribution is 2.16. The molecule has 17 heavy (non-hydrogen) atoms. The number of hydrogen-bond acceptors (Lipinski definition) is 3. The minimum Gasteiger partial charge on any atom is -0.317 e. The summed E-state index contributed by atoms with van der Waals surface area (Å²) in [6.07, 6.45) is 7.01. The predicted molar refractivity (Wildman–Crippen MR) is 68.2 cm³/mol. The van der Waals surface area contributed by atoms with Crippen molar-refractivity contribution in [2.45, 2.75) is 39.0 Å². The van der Waals surface area contributed by atoms with E-state index in [-0.39, 0.29) is 5.56 Å². The van der Waals surface area contributed by atoms with Crippen LogP contribution in [0.3, 0.4) is 0 Å². The first-order valence-electron chi connectivity index (χ1n) is 6.57. The fourth-order valence-electron chi connectivity index (χ4n) is 2.38. The Hall–Kier alpha value is -1.16. The Bertz CT molecular complexity index is 405. The van der Waals surface area contributed by atoms with E-state index in [1.54, 1.807) is 6.20 Å². The summed E-state index contributed by atoms with van der Waals surface area (Å²) >= 11 is 0. The lowest BCUT2D eigenvalue weighted by Gasteiger charge is -2.12. The molecule has 1 aromatic rings. The van der Waals surface area contributed by atoms with Crippen LogP contribution in [0, 0.1) is 5.92 Å². The SMILES string of the molecule is CCc1cnc(CC2CCCNCC2)[nH]c1=O. The molecule has 1 aromatic heterocycles. The van der Waals surface area contributed by atoms with Gasteiger partial charge in [-0.3, -0.25) is 4.79 Å². The third-order valence-electron chi connectivity index (χ3n) is 3.48. The van der Waals surface area contributed by atoms with Gasteiger partial charge in [0.05, 0.1) is 0 Å². The molecule has 1 fully saturated rings. The van der Waals surface area contributed by atoms with Crippen LogP contribution in [0.1, 0.15) is 37.6 Å². The molecule has 94 valence electrons. The maximum absolute atomic E-state index is 11.7. The Labute approximate surface area is 102 Å². The fourth-order valence-corrected chi connectivity index (χ4v) is 2.38. The third-order valence-corrected chi connectivity index (χ3v) is 3.48. The molecule has 0 radical (unpaired) electrons. The lowest BCUT2D eigenvalue weighted by Crippen LogP contribution is -2.18. The first kappa shape index (κ1) is 12.3. The summed E-state index contributed by atoms with van der Waals surface area (Å²) in [4.78, 5) is 18.9. The molecule has 0 aromatic carbocycles. The second kappa shape index (κ2) is 5.96. The molecule has 2 N–H and O–H groups in total. The van der Waals surface area contributed by atoms with Crippen LogP contribution in [0.2, 0.25) is 0 Å². The summed E-state index contributed by atoms with van der Waals surface area (Å²) in [5, 5.41) is 3.40. The van der Waals surface area contributed by atoms with Crippen LogP contribution >= 0.6 is 0 Å². The average Bonchev–Trinajstić information content (AvgIpc) is 2.58. The molecular weight excluding hydrogens is 214 g/mol. The molecule has 1 aliphatic heterocycles. The summed E-state index contributed by atoms with van der Waals surface area (Å²) in [5.41, 5.74) is 0.806. The molecule has 0 aliphatic carbocycles. The molecule has 4 nitrogen and oxygen atoms in total. The normalized spacial score (nSPS) is 21.1. The van der Waals surface area contributed by atoms with E-state index in [0.29, 0.717) is 5.92 Å². The molecule has 4 heteroatoms. The van der Waals surface area contributed by atoms with E-state index >= 15 is 0 Å². The van der Waals surface area contributed by atoms with Gasteiger partial charge in [-0.25, -0.2) is 4.98 Å². The van der Waals surface area contributed by atoms with Crippen molar-refractivity contribution in [3.05, 3.63) is 27.9 Å². The standard InChI is InChI=1S/C13H21N3O/c1-2-11-9-15-12(16-13(11)17)8-10-4-3-6-14-7-5-10/h9-10,14H,2-8H2,1H3,(H,15,16,17). The molecule has 0 amide bonds. The molecule has 0 saturated carbocycles. The van der Waals surface area contributed by atoms with E-state index in [4.69, 9.17) is 0 Å². The van der Waals surface area contributed by atoms with Crippen molar-refractivity contribution in [2.75, 3.05) is 13.1 Å². The molecule has 1 saturated heterocycles. The largest absolute Gasteiger partial charge is 0.317 e. The number of aromatic nitrogens is 2. The fraction of sp³-hybridized carbons (Fsp3) is 0.692. The topological polar surface area (TPSA) is 57.8 Å². The van der Waals surface area contributed by atoms with Crippen LogP contribution in [-0.2, 0) is 12.8 Å². The van der Waals surface area contributed by atoms with Gasteiger partial charge in [0.2, 0.25) is 0 Å². The van der Waals surface area contributed by atoms with Crippen molar-refractivity contribution in [3.8, 4) is 0 Å². The van der Waals surface area contributed by atoms with Gasteiger partial charge >= 0.3 is 0 Å². The van der Waals surface area contributed by atoms with Gasteiger partial charge in [0.1, 0.15) is 5.82 Å².